The monoisotopic (exact) mass is 255 g/mol. The van der Waals surface area contributed by atoms with E-state index in [1.807, 2.05) is 0 Å². The van der Waals surface area contributed by atoms with Crippen LogP contribution in [0.2, 0.25) is 0 Å². The largest absolute Gasteiger partial charge is 0.508 e. The lowest BCUT2D eigenvalue weighted by atomic mass is 10.1. The van der Waals surface area contributed by atoms with Gasteiger partial charge in [-0.15, -0.1) is 11.6 Å². The number of nitrogens with zero attached hydrogens (tertiary/aromatic N) is 1. The number of carbonyl (C=O) groups is 1. The van der Waals surface area contributed by atoms with Gasteiger partial charge in [0, 0.05) is 24.5 Å². The third-order valence-electron chi connectivity index (χ3n) is 3.03. The normalized spacial score (nSPS) is 19.6. The Morgan fingerprint density at radius 2 is 2.24 bits per heavy atom. The van der Waals surface area contributed by atoms with E-state index in [9.17, 15) is 15.0 Å². The number of hydrogen-bond donors (Lipinski definition) is 2. The molecule has 92 valence electrons. The van der Waals surface area contributed by atoms with Crippen molar-refractivity contribution in [2.45, 2.75) is 18.9 Å². The molecular formula is C12H14ClNO3. The molecule has 0 radical (unpaired) electrons. The summed E-state index contributed by atoms with van der Waals surface area (Å²) in [4.78, 5) is 13.9. The first-order valence-electron chi connectivity index (χ1n) is 5.52. The summed E-state index contributed by atoms with van der Waals surface area (Å²) in [6.07, 6.45) is 1.83. The Kier molecular flexibility index (Phi) is 3.43. The quantitative estimate of drug-likeness (QED) is 0.794. The first-order chi connectivity index (χ1) is 8.13. The molecule has 0 spiro atoms. The van der Waals surface area contributed by atoms with Crippen LogP contribution in [-0.2, 0) is 0 Å². The topological polar surface area (TPSA) is 60.8 Å². The fraction of sp³-hybridized carbons (Fsp3) is 0.417. The minimum Gasteiger partial charge on any atom is -0.508 e. The van der Waals surface area contributed by atoms with E-state index in [0.717, 1.165) is 12.8 Å². The first kappa shape index (κ1) is 12.0. The zero-order valence-electron chi connectivity index (χ0n) is 9.27. The summed E-state index contributed by atoms with van der Waals surface area (Å²) in [6, 6.07) is 4.02. The highest BCUT2D eigenvalue weighted by molar-refractivity contribution is 6.18. The summed E-state index contributed by atoms with van der Waals surface area (Å²) in [5, 5.41) is 18.8. The van der Waals surface area contributed by atoms with E-state index in [-0.39, 0.29) is 29.0 Å². The Balaban J connectivity index is 2.24. The van der Waals surface area contributed by atoms with Crippen molar-refractivity contribution in [1.82, 2.24) is 4.90 Å². The maximum Gasteiger partial charge on any atom is 0.257 e. The summed E-state index contributed by atoms with van der Waals surface area (Å²) < 4.78 is 0. The van der Waals surface area contributed by atoms with Crippen LogP contribution in [0.15, 0.2) is 18.2 Å². The predicted octanol–water partition coefficient (Wildman–Crippen LogP) is 1.94. The Hall–Kier alpha value is -1.42. The minimum absolute atomic E-state index is 0.0392. The summed E-state index contributed by atoms with van der Waals surface area (Å²) >= 11 is 5.80. The van der Waals surface area contributed by atoms with Crippen molar-refractivity contribution in [3.63, 3.8) is 0 Å². The molecule has 1 unspecified atom stereocenters. The van der Waals surface area contributed by atoms with Crippen molar-refractivity contribution < 1.29 is 15.0 Å². The summed E-state index contributed by atoms with van der Waals surface area (Å²) in [6.45, 7) is 0.663. The van der Waals surface area contributed by atoms with E-state index < -0.39 is 0 Å². The standard InChI is InChI=1S/C12H14ClNO3/c13-7-8-2-1-5-14(8)12(17)10-4-3-9(15)6-11(10)16/h3-4,6,8,15-16H,1-2,5,7H2. The summed E-state index contributed by atoms with van der Waals surface area (Å²) in [5.74, 6) is -0.0832. The van der Waals surface area contributed by atoms with Crippen LogP contribution >= 0.6 is 11.6 Å². The van der Waals surface area contributed by atoms with E-state index >= 15 is 0 Å². The van der Waals surface area contributed by atoms with Gasteiger partial charge in [-0.1, -0.05) is 0 Å². The van der Waals surface area contributed by atoms with E-state index in [1.165, 1.54) is 18.2 Å². The SMILES string of the molecule is O=C(c1ccc(O)cc1O)N1CCCC1CCl. The molecule has 1 heterocycles. The molecule has 1 fully saturated rings. The second kappa shape index (κ2) is 4.84. The van der Waals surface area contributed by atoms with Crippen LogP contribution in [0.5, 0.6) is 11.5 Å². The Morgan fingerprint density at radius 3 is 2.88 bits per heavy atom. The molecule has 1 aromatic carbocycles. The van der Waals surface area contributed by atoms with Crippen LogP contribution in [0.25, 0.3) is 0 Å². The number of carbonyl (C=O) groups excluding carboxylic acids is 1. The molecule has 0 aromatic heterocycles. The lowest BCUT2D eigenvalue weighted by molar-refractivity contribution is 0.0746. The van der Waals surface area contributed by atoms with Gasteiger partial charge in [-0.3, -0.25) is 4.79 Å². The number of likely N-dealkylation sites (tertiary alicyclic amines) is 1. The maximum atomic E-state index is 12.2. The maximum absolute atomic E-state index is 12.2. The number of halogens is 1. The molecule has 1 amide bonds. The number of phenols is 2. The third-order valence-corrected chi connectivity index (χ3v) is 3.38. The third kappa shape index (κ3) is 2.31. The van der Waals surface area contributed by atoms with Crippen molar-refractivity contribution >= 4 is 17.5 Å². The van der Waals surface area contributed by atoms with Crippen molar-refractivity contribution in [1.29, 1.82) is 0 Å². The van der Waals surface area contributed by atoms with Gasteiger partial charge >= 0.3 is 0 Å². The molecule has 2 N–H and O–H groups in total. The first-order valence-corrected chi connectivity index (χ1v) is 6.06. The number of alkyl halides is 1. The number of aromatic hydroxyl groups is 2. The number of rotatable bonds is 2. The number of benzene rings is 1. The van der Waals surface area contributed by atoms with Crippen LogP contribution in [-0.4, -0.2) is 39.5 Å². The smallest absolute Gasteiger partial charge is 0.257 e. The minimum atomic E-state index is -0.231. The number of phenolic OH excluding ortho intramolecular Hbond substituents is 2. The average Bonchev–Trinajstić information content (AvgIpc) is 2.76. The van der Waals surface area contributed by atoms with E-state index in [2.05, 4.69) is 0 Å². The van der Waals surface area contributed by atoms with Gasteiger partial charge in [0.1, 0.15) is 11.5 Å². The molecule has 4 nitrogen and oxygen atoms in total. The Morgan fingerprint density at radius 1 is 1.47 bits per heavy atom. The highest BCUT2D eigenvalue weighted by Gasteiger charge is 2.29. The average molecular weight is 256 g/mol. The van der Waals surface area contributed by atoms with Crippen molar-refractivity contribution in [3.8, 4) is 11.5 Å². The molecule has 1 aliphatic heterocycles. The van der Waals surface area contributed by atoms with Crippen LogP contribution in [0, 0.1) is 0 Å². The van der Waals surface area contributed by atoms with Crippen LogP contribution in [0.1, 0.15) is 23.2 Å². The van der Waals surface area contributed by atoms with Gasteiger partial charge in [-0.25, -0.2) is 0 Å². The van der Waals surface area contributed by atoms with Gasteiger partial charge in [0.15, 0.2) is 0 Å². The van der Waals surface area contributed by atoms with E-state index in [4.69, 9.17) is 11.6 Å². The van der Waals surface area contributed by atoms with Crippen LogP contribution in [0.3, 0.4) is 0 Å². The molecule has 2 rings (SSSR count). The van der Waals surface area contributed by atoms with Gasteiger partial charge in [0.05, 0.1) is 5.56 Å². The molecule has 17 heavy (non-hydrogen) atoms. The van der Waals surface area contributed by atoms with Gasteiger partial charge in [0.25, 0.3) is 5.91 Å². The van der Waals surface area contributed by atoms with Crippen molar-refractivity contribution in [2.75, 3.05) is 12.4 Å². The molecule has 1 aliphatic rings. The van der Waals surface area contributed by atoms with Gasteiger partial charge in [0.2, 0.25) is 0 Å². The molecule has 1 saturated heterocycles. The second-order valence-corrected chi connectivity index (χ2v) is 4.46. The second-order valence-electron chi connectivity index (χ2n) is 4.15. The van der Waals surface area contributed by atoms with Gasteiger partial charge < -0.3 is 15.1 Å². The molecule has 0 bridgehead atoms. The highest BCUT2D eigenvalue weighted by Crippen LogP contribution is 2.27. The molecule has 5 heteroatoms. The zero-order valence-corrected chi connectivity index (χ0v) is 10.0. The lowest BCUT2D eigenvalue weighted by Crippen LogP contribution is -2.36. The molecular weight excluding hydrogens is 242 g/mol. The van der Waals surface area contributed by atoms with E-state index in [0.29, 0.717) is 12.4 Å². The molecule has 0 saturated carbocycles. The number of hydrogen-bond acceptors (Lipinski definition) is 3. The highest BCUT2D eigenvalue weighted by atomic mass is 35.5. The summed E-state index contributed by atoms with van der Waals surface area (Å²) in [5.41, 5.74) is 0.208. The van der Waals surface area contributed by atoms with Crippen LogP contribution < -0.4 is 0 Å². The summed E-state index contributed by atoms with van der Waals surface area (Å²) in [7, 11) is 0. The molecule has 0 aliphatic carbocycles. The number of amides is 1. The Labute approximate surface area is 104 Å². The predicted molar refractivity (Wildman–Crippen MR) is 64.6 cm³/mol. The van der Waals surface area contributed by atoms with Crippen molar-refractivity contribution in [3.05, 3.63) is 23.8 Å². The molecule has 1 aromatic rings. The Bertz CT molecular complexity index is 436. The van der Waals surface area contributed by atoms with Crippen molar-refractivity contribution in [2.24, 2.45) is 0 Å². The lowest BCUT2D eigenvalue weighted by Gasteiger charge is -2.23. The fourth-order valence-corrected chi connectivity index (χ4v) is 2.44. The molecule has 1 atom stereocenters. The van der Waals surface area contributed by atoms with Crippen LogP contribution in [0.4, 0.5) is 0 Å². The van der Waals surface area contributed by atoms with Gasteiger partial charge in [-0.2, -0.15) is 0 Å². The van der Waals surface area contributed by atoms with E-state index in [1.54, 1.807) is 4.90 Å². The van der Waals surface area contributed by atoms with Gasteiger partial charge in [-0.05, 0) is 25.0 Å². The zero-order chi connectivity index (χ0) is 12.4. The fourth-order valence-electron chi connectivity index (χ4n) is 2.12.